The molecule has 3 rings (SSSR count). The molecule has 27 heavy (non-hydrogen) atoms. The summed E-state index contributed by atoms with van der Waals surface area (Å²) < 4.78 is 16.3. The van der Waals surface area contributed by atoms with E-state index in [1.54, 1.807) is 20.3 Å². The second kappa shape index (κ2) is 9.05. The van der Waals surface area contributed by atoms with E-state index < -0.39 is 0 Å². The zero-order valence-corrected chi connectivity index (χ0v) is 16.4. The summed E-state index contributed by atoms with van der Waals surface area (Å²) in [7, 11) is 3.17. The van der Waals surface area contributed by atoms with Crippen molar-refractivity contribution < 1.29 is 14.2 Å². The van der Waals surface area contributed by atoms with Gasteiger partial charge in [0, 0.05) is 30.6 Å². The number of ether oxygens (including phenoxy) is 3. The molecule has 0 bridgehead atoms. The molecule has 1 aliphatic heterocycles. The summed E-state index contributed by atoms with van der Waals surface area (Å²) in [5, 5.41) is 7.68. The van der Waals surface area contributed by atoms with Gasteiger partial charge in [0.05, 0.1) is 25.8 Å². The molecule has 1 fully saturated rings. The van der Waals surface area contributed by atoms with E-state index in [4.69, 9.17) is 26.4 Å². The lowest BCUT2D eigenvalue weighted by Gasteiger charge is -2.14. The van der Waals surface area contributed by atoms with E-state index in [1.807, 2.05) is 12.1 Å². The van der Waals surface area contributed by atoms with Crippen LogP contribution in [0.4, 0.5) is 0 Å². The molecule has 0 radical (unpaired) electrons. The number of fused-ring (bicyclic) bond motifs is 1. The van der Waals surface area contributed by atoms with E-state index in [0.717, 1.165) is 24.8 Å². The Morgan fingerprint density at radius 1 is 1.30 bits per heavy atom. The first-order valence-electron chi connectivity index (χ1n) is 9.02. The first-order valence-corrected chi connectivity index (χ1v) is 9.43. The van der Waals surface area contributed by atoms with Crippen LogP contribution < -0.4 is 25.7 Å². The molecule has 1 saturated heterocycles. The molecule has 0 spiro atoms. The quantitative estimate of drug-likeness (QED) is 0.620. The van der Waals surface area contributed by atoms with Crippen LogP contribution in [-0.2, 0) is 11.2 Å². The summed E-state index contributed by atoms with van der Waals surface area (Å²) in [5.41, 5.74) is 1.14. The van der Waals surface area contributed by atoms with Crippen molar-refractivity contribution in [1.29, 1.82) is 0 Å². The Balaban J connectivity index is 1.63. The summed E-state index contributed by atoms with van der Waals surface area (Å²) in [5.74, 6) is 1.29. The Bertz CT molecular complexity index is 862. The topological polar surface area (TPSA) is 84.6 Å². The van der Waals surface area contributed by atoms with Gasteiger partial charge < -0.3 is 29.8 Å². The van der Waals surface area contributed by atoms with Crippen LogP contribution in [0, 0.1) is 0 Å². The fraction of sp³-hybridized carbons (Fsp3) is 0.474. The minimum absolute atomic E-state index is 0.144. The monoisotopic (exact) mass is 391 g/mol. The molecule has 1 aromatic carbocycles. The van der Waals surface area contributed by atoms with Crippen molar-refractivity contribution >= 4 is 28.2 Å². The fourth-order valence-electron chi connectivity index (χ4n) is 3.21. The fourth-order valence-corrected chi connectivity index (χ4v) is 3.39. The van der Waals surface area contributed by atoms with Gasteiger partial charge in [-0.2, -0.15) is 0 Å². The van der Waals surface area contributed by atoms with Crippen LogP contribution in [0.15, 0.2) is 23.0 Å². The van der Waals surface area contributed by atoms with E-state index >= 15 is 0 Å². The van der Waals surface area contributed by atoms with Crippen LogP contribution in [0.25, 0.3) is 10.9 Å². The molecule has 8 heteroatoms. The summed E-state index contributed by atoms with van der Waals surface area (Å²) in [4.78, 5) is 15.3. The number of methoxy groups -OCH3 is 2. The third-order valence-corrected chi connectivity index (χ3v) is 4.94. The van der Waals surface area contributed by atoms with Gasteiger partial charge in [-0.05, 0) is 49.7 Å². The molecule has 1 atom stereocenters. The highest BCUT2D eigenvalue weighted by atomic mass is 32.1. The second-order valence-electron chi connectivity index (χ2n) is 6.40. The van der Waals surface area contributed by atoms with Crippen molar-refractivity contribution in [2.24, 2.45) is 0 Å². The maximum atomic E-state index is 12.4. The van der Waals surface area contributed by atoms with Crippen LogP contribution in [0.5, 0.6) is 11.5 Å². The SMILES string of the molecule is COc1ccc(OC)c2[nH]c(=O)c(CCNC(=S)NC[C@@H]3CCCO3)cc12. The lowest BCUT2D eigenvalue weighted by Crippen LogP contribution is -2.40. The lowest BCUT2D eigenvalue weighted by atomic mass is 10.1. The molecule has 2 aromatic rings. The van der Waals surface area contributed by atoms with E-state index in [2.05, 4.69) is 15.6 Å². The summed E-state index contributed by atoms with van der Waals surface area (Å²) in [6.07, 6.45) is 2.93. The molecule has 0 saturated carbocycles. The Hall–Kier alpha value is -2.32. The Morgan fingerprint density at radius 2 is 2.07 bits per heavy atom. The lowest BCUT2D eigenvalue weighted by molar-refractivity contribution is 0.114. The number of hydrogen-bond acceptors (Lipinski definition) is 5. The molecule has 7 nitrogen and oxygen atoms in total. The molecule has 3 N–H and O–H groups in total. The molecular weight excluding hydrogens is 366 g/mol. The van der Waals surface area contributed by atoms with Gasteiger partial charge in [0.1, 0.15) is 11.5 Å². The predicted molar refractivity (Wildman–Crippen MR) is 109 cm³/mol. The Labute approximate surface area is 163 Å². The van der Waals surface area contributed by atoms with Gasteiger partial charge in [0.15, 0.2) is 5.11 Å². The Morgan fingerprint density at radius 3 is 2.78 bits per heavy atom. The molecule has 2 heterocycles. The molecule has 0 aliphatic carbocycles. The molecule has 1 aromatic heterocycles. The summed E-state index contributed by atoms with van der Waals surface area (Å²) >= 11 is 5.29. The van der Waals surface area contributed by atoms with E-state index in [9.17, 15) is 4.79 Å². The summed E-state index contributed by atoms with van der Waals surface area (Å²) in [6.45, 7) is 2.09. The third-order valence-electron chi connectivity index (χ3n) is 4.65. The second-order valence-corrected chi connectivity index (χ2v) is 6.81. The zero-order valence-electron chi connectivity index (χ0n) is 15.6. The highest BCUT2D eigenvalue weighted by Crippen LogP contribution is 2.31. The van der Waals surface area contributed by atoms with Crippen LogP contribution >= 0.6 is 12.2 Å². The van der Waals surface area contributed by atoms with Crippen LogP contribution in [-0.4, -0.2) is 50.1 Å². The van der Waals surface area contributed by atoms with Crippen molar-refractivity contribution in [2.75, 3.05) is 33.9 Å². The zero-order chi connectivity index (χ0) is 19.2. The van der Waals surface area contributed by atoms with Crippen LogP contribution in [0.3, 0.4) is 0 Å². The van der Waals surface area contributed by atoms with E-state index in [0.29, 0.717) is 47.2 Å². The van der Waals surface area contributed by atoms with Gasteiger partial charge in [0.25, 0.3) is 5.56 Å². The molecular formula is C19H25N3O4S. The average molecular weight is 391 g/mol. The highest BCUT2D eigenvalue weighted by molar-refractivity contribution is 7.80. The maximum Gasteiger partial charge on any atom is 0.251 e. The first-order chi connectivity index (χ1) is 13.1. The van der Waals surface area contributed by atoms with Crippen LogP contribution in [0.1, 0.15) is 18.4 Å². The van der Waals surface area contributed by atoms with E-state index in [-0.39, 0.29) is 11.7 Å². The maximum absolute atomic E-state index is 12.4. The summed E-state index contributed by atoms with van der Waals surface area (Å²) in [6, 6.07) is 5.45. The van der Waals surface area contributed by atoms with Gasteiger partial charge in [-0.15, -0.1) is 0 Å². The number of pyridine rings is 1. The van der Waals surface area contributed by atoms with Crippen molar-refractivity contribution in [3.05, 3.63) is 34.1 Å². The smallest absolute Gasteiger partial charge is 0.251 e. The van der Waals surface area contributed by atoms with Crippen molar-refractivity contribution in [1.82, 2.24) is 15.6 Å². The van der Waals surface area contributed by atoms with Gasteiger partial charge in [-0.3, -0.25) is 4.79 Å². The molecule has 1 aliphatic rings. The number of thiocarbonyl (C=S) groups is 1. The van der Waals surface area contributed by atoms with Gasteiger partial charge in [-0.25, -0.2) is 0 Å². The van der Waals surface area contributed by atoms with Crippen molar-refractivity contribution in [3.8, 4) is 11.5 Å². The van der Waals surface area contributed by atoms with Gasteiger partial charge >= 0.3 is 0 Å². The highest BCUT2D eigenvalue weighted by Gasteiger charge is 2.15. The number of benzene rings is 1. The van der Waals surface area contributed by atoms with Gasteiger partial charge in [0.2, 0.25) is 0 Å². The number of nitrogens with one attached hydrogen (secondary N) is 3. The standard InChI is InChI=1S/C19H25N3O4S/c1-24-15-5-6-16(25-2)17-14(15)10-12(18(23)22-17)7-8-20-19(27)21-11-13-4-3-9-26-13/h5-6,10,13H,3-4,7-9,11H2,1-2H3,(H,22,23)(H2,20,21,27)/t13-/m0/s1. The number of rotatable bonds is 7. The Kier molecular flexibility index (Phi) is 6.52. The van der Waals surface area contributed by atoms with E-state index in [1.165, 1.54) is 0 Å². The third kappa shape index (κ3) is 4.70. The van der Waals surface area contributed by atoms with Crippen molar-refractivity contribution in [3.63, 3.8) is 0 Å². The normalized spacial score (nSPS) is 16.3. The minimum atomic E-state index is -0.144. The van der Waals surface area contributed by atoms with Crippen LogP contribution in [0.2, 0.25) is 0 Å². The molecule has 0 unspecified atom stereocenters. The minimum Gasteiger partial charge on any atom is -0.496 e. The average Bonchev–Trinajstić information content (AvgIpc) is 3.19. The number of aromatic nitrogens is 1. The predicted octanol–water partition coefficient (Wildman–Crippen LogP) is 1.73. The molecule has 0 amide bonds. The molecule has 146 valence electrons. The van der Waals surface area contributed by atoms with Gasteiger partial charge in [-0.1, -0.05) is 0 Å². The number of H-pyrrole nitrogens is 1. The number of aromatic amines is 1. The van der Waals surface area contributed by atoms with Crippen molar-refractivity contribution in [2.45, 2.75) is 25.4 Å². The largest absolute Gasteiger partial charge is 0.496 e. The first kappa shape index (κ1) is 19.4. The number of hydrogen-bond donors (Lipinski definition) is 3.